The van der Waals surface area contributed by atoms with E-state index in [1.807, 2.05) is 37.3 Å². The number of hydrogen-bond donors (Lipinski definition) is 2. The molecule has 0 saturated carbocycles. The number of carbonyl (C=O) groups is 3. The van der Waals surface area contributed by atoms with Gasteiger partial charge in [-0.05, 0) is 48.9 Å². The highest BCUT2D eigenvalue weighted by Gasteiger charge is 2.22. The number of nitrogens with zero attached hydrogens (tertiary/aromatic N) is 3. The minimum absolute atomic E-state index is 0.187. The monoisotopic (exact) mass is 588 g/mol. The molecule has 0 saturated heterocycles. The fourth-order valence-corrected chi connectivity index (χ4v) is 4.80. The third-order valence-electron chi connectivity index (χ3n) is 7.17. The zero-order valence-corrected chi connectivity index (χ0v) is 24.2. The third-order valence-corrected chi connectivity index (χ3v) is 7.17. The van der Waals surface area contributed by atoms with Crippen LogP contribution in [-0.4, -0.2) is 63.4 Å². The maximum atomic E-state index is 13.1. The molecule has 1 heterocycles. The summed E-state index contributed by atoms with van der Waals surface area (Å²) in [5.41, 5.74) is 3.84. The van der Waals surface area contributed by atoms with Crippen molar-refractivity contribution in [1.82, 2.24) is 14.9 Å². The van der Waals surface area contributed by atoms with E-state index >= 15 is 0 Å². The van der Waals surface area contributed by atoms with E-state index in [1.54, 1.807) is 77.7 Å². The first-order valence-electron chi connectivity index (χ1n) is 14.3. The number of carboxylic acids is 1. The van der Waals surface area contributed by atoms with Crippen molar-refractivity contribution in [3.8, 4) is 5.75 Å². The molecule has 9 heteroatoms. The van der Waals surface area contributed by atoms with Crippen molar-refractivity contribution in [2.45, 2.75) is 19.4 Å². The second-order valence-corrected chi connectivity index (χ2v) is 10.1. The number of carboxylic acid groups (broad SMARTS) is 1. The molecule has 5 rings (SSSR count). The molecule has 1 unspecified atom stereocenters. The summed E-state index contributed by atoms with van der Waals surface area (Å²) in [6.07, 6.45) is 1.68. The Hall–Kier alpha value is -5.57. The summed E-state index contributed by atoms with van der Waals surface area (Å²) in [6, 6.07) is 29.4. The van der Waals surface area contributed by atoms with Gasteiger partial charge in [0, 0.05) is 29.8 Å². The largest absolute Gasteiger partial charge is 0.492 e. The predicted molar refractivity (Wildman–Crippen MR) is 168 cm³/mol. The molecule has 0 spiro atoms. The third kappa shape index (κ3) is 7.25. The van der Waals surface area contributed by atoms with Gasteiger partial charge in [-0.25, -0.2) is 9.78 Å². The van der Waals surface area contributed by atoms with Crippen LogP contribution in [0.15, 0.2) is 109 Å². The smallest absolute Gasteiger partial charge is 0.326 e. The van der Waals surface area contributed by atoms with Crippen LogP contribution < -0.4 is 10.1 Å². The van der Waals surface area contributed by atoms with Gasteiger partial charge >= 0.3 is 5.97 Å². The summed E-state index contributed by atoms with van der Waals surface area (Å²) in [5, 5.41) is 13.0. The van der Waals surface area contributed by atoms with Crippen LogP contribution in [-0.2, 0) is 11.2 Å². The van der Waals surface area contributed by atoms with Crippen LogP contribution in [0.3, 0.4) is 0 Å². The van der Waals surface area contributed by atoms with Crippen molar-refractivity contribution in [3.05, 3.63) is 132 Å². The highest BCUT2D eigenvalue weighted by Crippen LogP contribution is 2.22. The number of nitrogens with one attached hydrogen (secondary N) is 1. The van der Waals surface area contributed by atoms with Crippen molar-refractivity contribution < 1.29 is 24.2 Å². The van der Waals surface area contributed by atoms with Crippen LogP contribution in [0.1, 0.15) is 38.9 Å². The SMILES string of the molecule is CCN(CCOc1ccc(CC(Nc2ccccc2C(=O)c2ccccc2)C(=O)O)cc1)C(=O)c1cnc2ccccc2n1. The van der Waals surface area contributed by atoms with Gasteiger partial charge in [0.1, 0.15) is 24.1 Å². The molecule has 4 aromatic carbocycles. The molecule has 0 aliphatic carbocycles. The normalized spacial score (nSPS) is 11.5. The lowest BCUT2D eigenvalue weighted by Gasteiger charge is -2.21. The van der Waals surface area contributed by atoms with E-state index in [0.29, 0.717) is 41.2 Å². The van der Waals surface area contributed by atoms with Crippen LogP contribution >= 0.6 is 0 Å². The Morgan fingerprint density at radius 2 is 1.55 bits per heavy atom. The van der Waals surface area contributed by atoms with Gasteiger partial charge in [0.15, 0.2) is 5.78 Å². The number of aliphatic carboxylic acids is 1. The van der Waals surface area contributed by atoms with Crippen molar-refractivity contribution in [3.63, 3.8) is 0 Å². The lowest BCUT2D eigenvalue weighted by atomic mass is 10.00. The Morgan fingerprint density at radius 1 is 0.864 bits per heavy atom. The molecule has 0 fully saturated rings. The van der Waals surface area contributed by atoms with E-state index in [0.717, 1.165) is 11.1 Å². The summed E-state index contributed by atoms with van der Waals surface area (Å²) in [6.45, 7) is 3.01. The van der Waals surface area contributed by atoms with E-state index in [9.17, 15) is 19.5 Å². The Bertz CT molecular complexity index is 1760. The van der Waals surface area contributed by atoms with Crippen LogP contribution in [0, 0.1) is 0 Å². The van der Waals surface area contributed by atoms with Gasteiger partial charge in [-0.2, -0.15) is 0 Å². The molecule has 5 aromatic rings. The fraction of sp³-hybridized carbons (Fsp3) is 0.171. The second kappa shape index (κ2) is 14.1. The van der Waals surface area contributed by atoms with Crippen molar-refractivity contribution in [1.29, 1.82) is 0 Å². The van der Waals surface area contributed by atoms with Gasteiger partial charge in [0.05, 0.1) is 23.8 Å². The number of carbonyl (C=O) groups excluding carboxylic acids is 2. The summed E-state index contributed by atoms with van der Waals surface area (Å²) in [4.78, 5) is 48.7. The van der Waals surface area contributed by atoms with Gasteiger partial charge < -0.3 is 20.1 Å². The molecule has 9 nitrogen and oxygen atoms in total. The maximum absolute atomic E-state index is 13.1. The van der Waals surface area contributed by atoms with E-state index in [1.165, 1.54) is 6.20 Å². The molecule has 0 radical (unpaired) electrons. The molecule has 0 bridgehead atoms. The molecule has 1 atom stereocenters. The zero-order chi connectivity index (χ0) is 30.9. The molecule has 222 valence electrons. The molecular weight excluding hydrogens is 556 g/mol. The second-order valence-electron chi connectivity index (χ2n) is 10.1. The van der Waals surface area contributed by atoms with E-state index < -0.39 is 12.0 Å². The zero-order valence-electron chi connectivity index (χ0n) is 24.2. The first kappa shape index (κ1) is 29.9. The van der Waals surface area contributed by atoms with Gasteiger partial charge in [0.2, 0.25) is 0 Å². The molecule has 0 aliphatic heterocycles. The summed E-state index contributed by atoms with van der Waals surface area (Å²) in [5.74, 6) is -0.842. The summed E-state index contributed by atoms with van der Waals surface area (Å²) < 4.78 is 5.88. The highest BCUT2D eigenvalue weighted by molar-refractivity contribution is 6.12. The molecule has 0 aliphatic rings. The first-order chi connectivity index (χ1) is 21.4. The van der Waals surface area contributed by atoms with Crippen LogP contribution in [0.2, 0.25) is 0 Å². The Labute approximate surface area is 255 Å². The maximum Gasteiger partial charge on any atom is 0.326 e. The number of rotatable bonds is 13. The van der Waals surface area contributed by atoms with Gasteiger partial charge in [0.25, 0.3) is 5.91 Å². The lowest BCUT2D eigenvalue weighted by molar-refractivity contribution is -0.137. The average Bonchev–Trinajstić information content (AvgIpc) is 3.07. The number of aromatic nitrogens is 2. The lowest BCUT2D eigenvalue weighted by Crippen LogP contribution is -2.35. The number of ketones is 1. The number of ether oxygens (including phenoxy) is 1. The Morgan fingerprint density at radius 3 is 2.27 bits per heavy atom. The molecule has 1 aromatic heterocycles. The summed E-state index contributed by atoms with van der Waals surface area (Å²) in [7, 11) is 0. The molecule has 1 amide bonds. The number of likely N-dealkylation sites (N-methyl/N-ethyl adjacent to an activating group) is 1. The predicted octanol–water partition coefficient (Wildman–Crippen LogP) is 5.51. The Kier molecular flexibility index (Phi) is 9.56. The average molecular weight is 589 g/mol. The first-order valence-corrected chi connectivity index (χ1v) is 14.3. The number of hydrogen-bond acceptors (Lipinski definition) is 7. The number of benzene rings is 4. The van der Waals surface area contributed by atoms with Gasteiger partial charge in [-0.3, -0.25) is 14.6 Å². The van der Waals surface area contributed by atoms with E-state index in [2.05, 4.69) is 15.3 Å². The number of amides is 1. The van der Waals surface area contributed by atoms with Crippen molar-refractivity contribution in [2.24, 2.45) is 0 Å². The van der Waals surface area contributed by atoms with Crippen molar-refractivity contribution in [2.75, 3.05) is 25.0 Å². The standard InChI is InChI=1S/C35H32N4O5/c1-2-39(34(41)32-23-36-29-14-8-9-15-30(29)38-32)20-21-44-26-18-16-24(17-19-26)22-31(35(42)43)37-28-13-7-6-12-27(28)33(40)25-10-4-3-5-11-25/h3-19,23,31,37H,2,20-22H2,1H3,(H,42,43). The highest BCUT2D eigenvalue weighted by atomic mass is 16.5. The number of anilines is 1. The molecular formula is C35H32N4O5. The topological polar surface area (TPSA) is 122 Å². The Balaban J connectivity index is 1.18. The van der Waals surface area contributed by atoms with Crippen LogP contribution in [0.5, 0.6) is 5.75 Å². The van der Waals surface area contributed by atoms with Gasteiger partial charge in [-0.15, -0.1) is 0 Å². The number of para-hydroxylation sites is 3. The molecule has 44 heavy (non-hydrogen) atoms. The molecule has 2 N–H and O–H groups in total. The van der Waals surface area contributed by atoms with E-state index in [4.69, 9.17) is 4.74 Å². The van der Waals surface area contributed by atoms with Crippen LogP contribution in [0.25, 0.3) is 11.0 Å². The van der Waals surface area contributed by atoms with Crippen molar-refractivity contribution >= 4 is 34.4 Å². The quantitative estimate of drug-likeness (QED) is 0.173. The number of fused-ring (bicyclic) bond motifs is 1. The van der Waals surface area contributed by atoms with Gasteiger partial charge in [-0.1, -0.05) is 66.7 Å². The van der Waals surface area contributed by atoms with Crippen LogP contribution in [0.4, 0.5) is 5.69 Å². The van der Waals surface area contributed by atoms with E-state index in [-0.39, 0.29) is 30.4 Å². The fourth-order valence-electron chi connectivity index (χ4n) is 4.80. The minimum Gasteiger partial charge on any atom is -0.492 e. The summed E-state index contributed by atoms with van der Waals surface area (Å²) >= 11 is 0. The minimum atomic E-state index is -1.03.